The van der Waals surface area contributed by atoms with Crippen LogP contribution in [0.25, 0.3) is 5.57 Å². The van der Waals surface area contributed by atoms with E-state index in [0.717, 1.165) is 4.90 Å². The monoisotopic (exact) mass is 375 g/mol. The quantitative estimate of drug-likeness (QED) is 0.752. The van der Waals surface area contributed by atoms with Gasteiger partial charge < -0.3 is 9.47 Å². The van der Waals surface area contributed by atoms with Crippen LogP contribution < -0.4 is 9.47 Å². The van der Waals surface area contributed by atoms with E-state index in [9.17, 15) is 14.0 Å². The van der Waals surface area contributed by atoms with Gasteiger partial charge >= 0.3 is 0 Å². The summed E-state index contributed by atoms with van der Waals surface area (Å²) in [6, 6.07) is 10.7. The minimum Gasteiger partial charge on any atom is -0.493 e. The third kappa shape index (κ3) is 3.04. The molecule has 0 spiro atoms. The summed E-state index contributed by atoms with van der Waals surface area (Å²) in [4.78, 5) is 26.1. The van der Waals surface area contributed by atoms with Crippen LogP contribution in [0.15, 0.2) is 47.5 Å². The summed E-state index contributed by atoms with van der Waals surface area (Å²) >= 11 is 6.13. The fourth-order valence-electron chi connectivity index (χ4n) is 2.73. The van der Waals surface area contributed by atoms with Crippen LogP contribution in [0.5, 0.6) is 11.5 Å². The molecule has 0 saturated heterocycles. The van der Waals surface area contributed by atoms with Crippen LogP contribution in [0, 0.1) is 5.82 Å². The number of hydrogen-bond donors (Lipinski definition) is 0. The second kappa shape index (κ2) is 7.17. The Kier molecular flexibility index (Phi) is 4.95. The molecule has 26 heavy (non-hydrogen) atoms. The second-order valence-electron chi connectivity index (χ2n) is 5.55. The number of hydrogen-bond acceptors (Lipinski definition) is 4. The Bertz CT molecular complexity index is 926. The van der Waals surface area contributed by atoms with E-state index < -0.39 is 17.6 Å². The van der Waals surface area contributed by atoms with E-state index in [2.05, 4.69) is 0 Å². The van der Waals surface area contributed by atoms with Crippen LogP contribution in [-0.2, 0) is 16.1 Å². The predicted molar refractivity (Wildman–Crippen MR) is 94.3 cm³/mol. The van der Waals surface area contributed by atoms with Gasteiger partial charge in [-0.3, -0.25) is 14.5 Å². The molecule has 0 aromatic heterocycles. The Hall–Kier alpha value is -2.86. The number of imide groups is 1. The van der Waals surface area contributed by atoms with Crippen molar-refractivity contribution in [3.63, 3.8) is 0 Å². The Morgan fingerprint density at radius 1 is 1.00 bits per heavy atom. The van der Waals surface area contributed by atoms with Crippen molar-refractivity contribution >= 4 is 29.0 Å². The molecule has 0 bridgehead atoms. The Labute approximate surface area is 154 Å². The van der Waals surface area contributed by atoms with Crippen LogP contribution in [0.1, 0.15) is 11.1 Å². The average Bonchev–Trinajstić information content (AvgIpc) is 2.86. The zero-order valence-electron chi connectivity index (χ0n) is 14.1. The summed E-state index contributed by atoms with van der Waals surface area (Å²) in [5.41, 5.74) is 0.697. The van der Waals surface area contributed by atoms with Gasteiger partial charge in [0, 0.05) is 5.56 Å². The zero-order valence-corrected chi connectivity index (χ0v) is 14.8. The number of carbonyl (C=O) groups excluding carboxylic acids is 2. The summed E-state index contributed by atoms with van der Waals surface area (Å²) in [5, 5.41) is -0.210. The fraction of sp³-hybridized carbons (Fsp3) is 0.158. The highest BCUT2D eigenvalue weighted by Crippen LogP contribution is 2.37. The van der Waals surface area contributed by atoms with Gasteiger partial charge in [-0.25, -0.2) is 4.39 Å². The predicted octanol–water partition coefficient (Wildman–Crippen LogP) is 3.36. The largest absolute Gasteiger partial charge is 0.493 e. The van der Waals surface area contributed by atoms with Gasteiger partial charge in [-0.2, -0.15) is 0 Å². The summed E-state index contributed by atoms with van der Waals surface area (Å²) in [5.74, 6) is -0.869. The van der Waals surface area contributed by atoms with Gasteiger partial charge in [0.05, 0.1) is 26.3 Å². The summed E-state index contributed by atoms with van der Waals surface area (Å²) in [7, 11) is 2.95. The summed E-state index contributed by atoms with van der Waals surface area (Å²) in [6.07, 6.45) is 0. The first-order valence-electron chi connectivity index (χ1n) is 7.69. The lowest BCUT2D eigenvalue weighted by Crippen LogP contribution is -2.31. The standard InChI is InChI=1S/C19H15ClFNO4/c1-25-14-8-7-11(9-15(14)26-2)16-17(20)19(24)22(18(16)23)10-12-5-3-4-6-13(12)21/h3-9H,10H2,1-2H3. The first-order valence-corrected chi connectivity index (χ1v) is 8.07. The van der Waals surface area contributed by atoms with Crippen molar-refractivity contribution in [2.24, 2.45) is 0 Å². The molecule has 0 atom stereocenters. The third-order valence-electron chi connectivity index (χ3n) is 4.07. The van der Waals surface area contributed by atoms with E-state index in [1.165, 1.54) is 32.4 Å². The van der Waals surface area contributed by atoms with Crippen LogP contribution in [0.3, 0.4) is 0 Å². The van der Waals surface area contributed by atoms with E-state index in [0.29, 0.717) is 17.1 Å². The molecule has 0 saturated carbocycles. The lowest BCUT2D eigenvalue weighted by Gasteiger charge is -2.15. The third-order valence-corrected chi connectivity index (χ3v) is 4.42. The van der Waals surface area contributed by atoms with Crippen LogP contribution in [0.2, 0.25) is 0 Å². The molecule has 134 valence electrons. The van der Waals surface area contributed by atoms with Crippen molar-refractivity contribution in [3.8, 4) is 11.5 Å². The number of halogens is 2. The van der Waals surface area contributed by atoms with Gasteiger partial charge in [0.25, 0.3) is 11.8 Å². The summed E-state index contributed by atoms with van der Waals surface area (Å²) in [6.45, 7) is -0.197. The van der Waals surface area contributed by atoms with Crippen molar-refractivity contribution in [1.29, 1.82) is 0 Å². The molecule has 2 aromatic rings. The SMILES string of the molecule is COc1ccc(C2=C(Cl)C(=O)N(Cc3ccccc3F)C2=O)cc1OC. The molecule has 1 heterocycles. The lowest BCUT2D eigenvalue weighted by molar-refractivity contribution is -0.137. The molecule has 0 radical (unpaired) electrons. The molecule has 1 aliphatic heterocycles. The molecular weight excluding hydrogens is 361 g/mol. The van der Waals surface area contributed by atoms with Crippen LogP contribution in [0.4, 0.5) is 4.39 Å². The Balaban J connectivity index is 1.96. The van der Waals surface area contributed by atoms with Gasteiger partial charge in [0.1, 0.15) is 10.8 Å². The molecule has 0 unspecified atom stereocenters. The van der Waals surface area contributed by atoms with Crippen LogP contribution >= 0.6 is 11.6 Å². The molecule has 0 N–H and O–H groups in total. The zero-order chi connectivity index (χ0) is 18.8. The number of methoxy groups -OCH3 is 2. The fourth-order valence-corrected chi connectivity index (χ4v) is 3.02. The van der Waals surface area contributed by atoms with Gasteiger partial charge in [0.2, 0.25) is 0 Å². The second-order valence-corrected chi connectivity index (χ2v) is 5.92. The van der Waals surface area contributed by atoms with Gasteiger partial charge in [-0.05, 0) is 23.8 Å². The van der Waals surface area contributed by atoms with Crippen molar-refractivity contribution in [2.45, 2.75) is 6.54 Å². The van der Waals surface area contributed by atoms with E-state index in [4.69, 9.17) is 21.1 Å². The number of amides is 2. The molecule has 5 nitrogen and oxygen atoms in total. The van der Waals surface area contributed by atoms with Crippen molar-refractivity contribution < 1.29 is 23.5 Å². The molecule has 3 rings (SSSR count). The van der Waals surface area contributed by atoms with Crippen molar-refractivity contribution in [1.82, 2.24) is 4.90 Å². The highest BCUT2D eigenvalue weighted by Gasteiger charge is 2.38. The topological polar surface area (TPSA) is 55.8 Å². The Morgan fingerprint density at radius 3 is 2.35 bits per heavy atom. The first kappa shape index (κ1) is 17.9. The van der Waals surface area contributed by atoms with Gasteiger partial charge in [-0.15, -0.1) is 0 Å². The average molecular weight is 376 g/mol. The maximum absolute atomic E-state index is 13.9. The van der Waals surface area contributed by atoms with Gasteiger partial charge in [-0.1, -0.05) is 35.9 Å². The molecule has 1 aliphatic rings. The highest BCUT2D eigenvalue weighted by molar-refractivity contribution is 6.55. The molecule has 2 aromatic carbocycles. The smallest absolute Gasteiger partial charge is 0.273 e. The number of rotatable bonds is 5. The number of ether oxygens (including phenoxy) is 2. The molecule has 2 amide bonds. The van der Waals surface area contributed by atoms with E-state index in [1.807, 2.05) is 0 Å². The minimum atomic E-state index is -0.662. The number of nitrogens with zero attached hydrogens (tertiary/aromatic N) is 1. The molecule has 0 aliphatic carbocycles. The number of benzene rings is 2. The van der Waals surface area contributed by atoms with E-state index in [-0.39, 0.29) is 22.7 Å². The number of carbonyl (C=O) groups is 2. The van der Waals surface area contributed by atoms with Crippen molar-refractivity contribution in [3.05, 3.63) is 64.4 Å². The molecule has 0 fully saturated rings. The highest BCUT2D eigenvalue weighted by atomic mass is 35.5. The molecular formula is C19H15ClFNO4. The Morgan fingerprint density at radius 2 is 1.69 bits per heavy atom. The maximum Gasteiger partial charge on any atom is 0.273 e. The van der Waals surface area contributed by atoms with E-state index >= 15 is 0 Å². The maximum atomic E-state index is 13.9. The molecule has 7 heteroatoms. The van der Waals surface area contributed by atoms with E-state index in [1.54, 1.807) is 24.3 Å². The minimum absolute atomic E-state index is 0.0500. The normalized spacial score (nSPS) is 14.2. The summed E-state index contributed by atoms with van der Waals surface area (Å²) < 4.78 is 24.3. The van der Waals surface area contributed by atoms with Gasteiger partial charge in [0.15, 0.2) is 11.5 Å². The van der Waals surface area contributed by atoms with Crippen molar-refractivity contribution in [2.75, 3.05) is 14.2 Å². The first-order chi connectivity index (χ1) is 12.5. The lowest BCUT2D eigenvalue weighted by atomic mass is 10.1. The van der Waals surface area contributed by atoms with Crippen LogP contribution in [-0.4, -0.2) is 30.9 Å².